The lowest BCUT2D eigenvalue weighted by Gasteiger charge is -2.39. The van der Waals surface area contributed by atoms with E-state index in [2.05, 4.69) is 6.58 Å². The van der Waals surface area contributed by atoms with Gasteiger partial charge >= 0.3 is 5.97 Å². The molecular weight excluding hydrogens is 244 g/mol. The van der Waals surface area contributed by atoms with Crippen LogP contribution in [0.4, 0.5) is 0 Å². The van der Waals surface area contributed by atoms with Gasteiger partial charge in [0, 0.05) is 17.1 Å². The van der Waals surface area contributed by atoms with E-state index in [4.69, 9.17) is 4.74 Å². The van der Waals surface area contributed by atoms with Gasteiger partial charge in [-0.3, -0.25) is 0 Å². The topological polar surface area (TPSA) is 66.8 Å². The van der Waals surface area contributed by atoms with Crippen molar-refractivity contribution in [3.8, 4) is 0 Å². The fraction of sp³-hybridized carbons (Fsp3) is 0.533. The summed E-state index contributed by atoms with van der Waals surface area (Å²) in [5, 5.41) is 21.5. The minimum absolute atomic E-state index is 0.240. The number of esters is 1. The lowest BCUT2D eigenvalue weighted by molar-refractivity contribution is -0.135. The Morgan fingerprint density at radius 1 is 1.47 bits per heavy atom. The number of fused-ring (bicyclic) bond motifs is 2. The highest BCUT2D eigenvalue weighted by Gasteiger charge is 2.57. The van der Waals surface area contributed by atoms with Crippen molar-refractivity contribution in [2.45, 2.75) is 44.3 Å². The predicted octanol–water partition coefficient (Wildman–Crippen LogP) is 1.60. The highest BCUT2D eigenvalue weighted by molar-refractivity contribution is 5.94. The summed E-state index contributed by atoms with van der Waals surface area (Å²) in [6.07, 6.45) is 3.15. The number of hydrogen-bond acceptors (Lipinski definition) is 4. The van der Waals surface area contributed by atoms with Gasteiger partial charge in [0.25, 0.3) is 0 Å². The Hall–Kier alpha value is -1.39. The molecule has 0 unspecified atom stereocenters. The van der Waals surface area contributed by atoms with E-state index in [1.165, 1.54) is 6.08 Å². The number of carbonyl (C=O) groups excluding carboxylic acids is 1. The highest BCUT2D eigenvalue weighted by Crippen LogP contribution is 2.53. The van der Waals surface area contributed by atoms with Crippen LogP contribution in [-0.4, -0.2) is 27.4 Å². The normalized spacial score (nSPS) is 41.7. The third-order valence-electron chi connectivity index (χ3n) is 4.85. The summed E-state index contributed by atoms with van der Waals surface area (Å²) in [6, 6.07) is 0. The molecule has 0 amide bonds. The molecule has 0 bridgehead atoms. The molecule has 102 valence electrons. The van der Waals surface area contributed by atoms with Crippen molar-refractivity contribution in [3.63, 3.8) is 0 Å². The third-order valence-corrected chi connectivity index (χ3v) is 4.85. The van der Waals surface area contributed by atoms with E-state index in [0.717, 1.165) is 11.1 Å². The maximum atomic E-state index is 11.6. The molecule has 1 fully saturated rings. The molecule has 3 rings (SSSR count). The van der Waals surface area contributed by atoms with Crippen LogP contribution >= 0.6 is 0 Å². The van der Waals surface area contributed by atoms with Crippen molar-refractivity contribution in [2.75, 3.05) is 0 Å². The summed E-state index contributed by atoms with van der Waals surface area (Å²) < 4.78 is 5.19. The molecule has 2 N–H and O–H groups in total. The van der Waals surface area contributed by atoms with Gasteiger partial charge in [0.2, 0.25) is 0 Å². The summed E-state index contributed by atoms with van der Waals surface area (Å²) in [5.41, 5.74) is -0.391. The first-order valence-electron chi connectivity index (χ1n) is 6.54. The van der Waals surface area contributed by atoms with Gasteiger partial charge in [-0.25, -0.2) is 4.79 Å². The molecule has 4 heteroatoms. The standard InChI is InChI=1S/C15H18O4/c1-8-4-5-15(18)11(8)6-10-9(2)13(16)19-12(10)7-14(15,3)17/h7,11,17-18H,1,4-6H2,2-3H3/t11-,14+,15-/m1/s1. The first-order chi connectivity index (χ1) is 8.76. The molecule has 0 saturated heterocycles. The number of aliphatic hydroxyl groups is 2. The average Bonchev–Trinajstić information content (AvgIpc) is 2.71. The van der Waals surface area contributed by atoms with E-state index in [0.29, 0.717) is 30.6 Å². The molecule has 1 saturated carbocycles. The Morgan fingerprint density at radius 3 is 2.84 bits per heavy atom. The highest BCUT2D eigenvalue weighted by atomic mass is 16.5. The number of allylic oxidation sites excluding steroid dienone is 1. The third kappa shape index (κ3) is 1.50. The molecule has 3 atom stereocenters. The molecule has 0 aromatic heterocycles. The van der Waals surface area contributed by atoms with Crippen LogP contribution < -0.4 is 0 Å². The molecule has 0 aromatic rings. The molecule has 1 heterocycles. The summed E-state index contributed by atoms with van der Waals surface area (Å²) in [5.74, 6) is -0.218. The summed E-state index contributed by atoms with van der Waals surface area (Å²) in [6.45, 7) is 7.29. The second-order valence-electron chi connectivity index (χ2n) is 5.99. The minimum Gasteiger partial charge on any atom is -0.423 e. The molecule has 3 aliphatic rings. The van der Waals surface area contributed by atoms with E-state index in [-0.39, 0.29) is 11.9 Å². The molecule has 0 radical (unpaired) electrons. The molecule has 1 aliphatic heterocycles. The van der Waals surface area contributed by atoms with Crippen LogP contribution in [0.3, 0.4) is 0 Å². The van der Waals surface area contributed by atoms with E-state index in [9.17, 15) is 15.0 Å². The largest absolute Gasteiger partial charge is 0.423 e. The van der Waals surface area contributed by atoms with Gasteiger partial charge in [0.15, 0.2) is 0 Å². The molecule has 0 aromatic carbocycles. The van der Waals surface area contributed by atoms with Crippen LogP contribution in [0.25, 0.3) is 0 Å². The monoisotopic (exact) mass is 262 g/mol. The first kappa shape index (κ1) is 12.6. The Morgan fingerprint density at radius 2 is 2.16 bits per heavy atom. The quantitative estimate of drug-likeness (QED) is 0.514. The second kappa shape index (κ2) is 3.58. The van der Waals surface area contributed by atoms with E-state index >= 15 is 0 Å². The van der Waals surface area contributed by atoms with Crippen molar-refractivity contribution in [2.24, 2.45) is 5.92 Å². The maximum absolute atomic E-state index is 11.6. The Kier molecular flexibility index (Phi) is 2.38. The van der Waals surface area contributed by atoms with Crippen LogP contribution in [0.1, 0.15) is 33.1 Å². The zero-order valence-corrected chi connectivity index (χ0v) is 11.2. The lowest BCUT2D eigenvalue weighted by Crippen LogP contribution is -2.53. The zero-order valence-electron chi connectivity index (χ0n) is 11.2. The van der Waals surface area contributed by atoms with Crippen LogP contribution in [-0.2, 0) is 9.53 Å². The fourth-order valence-electron chi connectivity index (χ4n) is 3.46. The number of carbonyl (C=O) groups is 1. The van der Waals surface area contributed by atoms with Gasteiger partial charge in [0.1, 0.15) is 17.0 Å². The Balaban J connectivity index is 2.18. The number of hydrogen-bond donors (Lipinski definition) is 2. The van der Waals surface area contributed by atoms with Crippen molar-refractivity contribution in [3.05, 3.63) is 35.1 Å². The molecular formula is C15H18O4. The smallest absolute Gasteiger partial charge is 0.339 e. The molecule has 2 aliphatic carbocycles. The average molecular weight is 262 g/mol. The second-order valence-corrected chi connectivity index (χ2v) is 5.99. The van der Waals surface area contributed by atoms with Gasteiger partial charge in [-0.05, 0) is 39.2 Å². The van der Waals surface area contributed by atoms with Gasteiger partial charge < -0.3 is 14.9 Å². The van der Waals surface area contributed by atoms with Gasteiger partial charge in [-0.1, -0.05) is 12.2 Å². The zero-order chi connectivity index (χ0) is 14.0. The van der Waals surface area contributed by atoms with E-state index < -0.39 is 11.2 Å². The molecule has 0 spiro atoms. The van der Waals surface area contributed by atoms with E-state index in [1.54, 1.807) is 13.8 Å². The van der Waals surface area contributed by atoms with Crippen molar-refractivity contribution in [1.82, 2.24) is 0 Å². The van der Waals surface area contributed by atoms with Crippen molar-refractivity contribution < 1.29 is 19.7 Å². The fourth-order valence-corrected chi connectivity index (χ4v) is 3.46. The van der Waals surface area contributed by atoms with E-state index in [1.807, 2.05) is 0 Å². The van der Waals surface area contributed by atoms with Crippen molar-refractivity contribution >= 4 is 5.97 Å². The van der Waals surface area contributed by atoms with Crippen LogP contribution in [0.2, 0.25) is 0 Å². The lowest BCUT2D eigenvalue weighted by atomic mass is 9.75. The Bertz CT molecular complexity index is 552. The summed E-state index contributed by atoms with van der Waals surface area (Å²) >= 11 is 0. The van der Waals surface area contributed by atoms with Crippen LogP contribution in [0.15, 0.2) is 35.1 Å². The van der Waals surface area contributed by atoms with Gasteiger partial charge in [-0.15, -0.1) is 0 Å². The summed E-state index contributed by atoms with van der Waals surface area (Å²) in [7, 11) is 0. The minimum atomic E-state index is -1.43. The number of ether oxygens (including phenoxy) is 1. The van der Waals surface area contributed by atoms with Crippen molar-refractivity contribution in [1.29, 1.82) is 0 Å². The first-order valence-corrected chi connectivity index (χ1v) is 6.54. The SMILES string of the molecule is C=C1CC[C@@]2(O)[C@@H]1CC1=C(C)C(=O)OC1=C[C@]2(C)O. The van der Waals surface area contributed by atoms with Crippen LogP contribution in [0.5, 0.6) is 0 Å². The van der Waals surface area contributed by atoms with Gasteiger partial charge in [-0.2, -0.15) is 0 Å². The molecule has 4 nitrogen and oxygen atoms in total. The summed E-state index contributed by atoms with van der Waals surface area (Å²) in [4.78, 5) is 11.6. The van der Waals surface area contributed by atoms with Gasteiger partial charge in [0.05, 0.1) is 0 Å². The van der Waals surface area contributed by atoms with Crippen LogP contribution in [0, 0.1) is 5.92 Å². The maximum Gasteiger partial charge on any atom is 0.339 e. The number of rotatable bonds is 0. The molecule has 19 heavy (non-hydrogen) atoms. The Labute approximate surface area is 112 Å². The predicted molar refractivity (Wildman–Crippen MR) is 68.9 cm³/mol.